The zero-order chi connectivity index (χ0) is 16.7. The molecule has 1 N–H and O–H groups in total. The molecule has 4 nitrogen and oxygen atoms in total. The van der Waals surface area contributed by atoms with E-state index < -0.39 is 0 Å². The van der Waals surface area contributed by atoms with E-state index >= 15 is 0 Å². The Kier molecular flexibility index (Phi) is 6.56. The molecule has 0 aromatic heterocycles. The van der Waals surface area contributed by atoms with Gasteiger partial charge in [0.1, 0.15) is 11.5 Å². The minimum Gasteiger partial charge on any atom is -0.493 e. The molecule has 0 bridgehead atoms. The van der Waals surface area contributed by atoms with E-state index in [4.69, 9.17) is 32.7 Å². The SMILES string of the molecule is CCCOc1cccc(OCC(=O)Nc2ccc(Cl)cc2Cl)c1. The van der Waals surface area contributed by atoms with E-state index in [1.165, 1.54) is 0 Å². The Hall–Kier alpha value is -1.91. The van der Waals surface area contributed by atoms with Crippen LogP contribution in [0.2, 0.25) is 10.0 Å². The molecule has 0 heterocycles. The summed E-state index contributed by atoms with van der Waals surface area (Å²) in [6, 6.07) is 12.0. The molecule has 2 rings (SSSR count). The van der Waals surface area contributed by atoms with Gasteiger partial charge in [-0.2, -0.15) is 0 Å². The van der Waals surface area contributed by atoms with Gasteiger partial charge in [0, 0.05) is 11.1 Å². The molecule has 0 saturated carbocycles. The summed E-state index contributed by atoms with van der Waals surface area (Å²) in [5, 5.41) is 3.55. The highest BCUT2D eigenvalue weighted by Gasteiger charge is 2.08. The highest BCUT2D eigenvalue weighted by Crippen LogP contribution is 2.25. The Morgan fingerprint density at radius 2 is 1.83 bits per heavy atom. The van der Waals surface area contributed by atoms with Gasteiger partial charge in [0.15, 0.2) is 6.61 Å². The molecule has 0 aliphatic heterocycles. The Bertz CT molecular complexity index is 677. The largest absolute Gasteiger partial charge is 0.493 e. The third-order valence-electron chi connectivity index (χ3n) is 2.85. The van der Waals surface area contributed by atoms with Gasteiger partial charge in [-0.1, -0.05) is 36.2 Å². The fourth-order valence-electron chi connectivity index (χ4n) is 1.80. The summed E-state index contributed by atoms with van der Waals surface area (Å²) >= 11 is 11.8. The number of hydrogen-bond donors (Lipinski definition) is 1. The molecule has 0 atom stereocenters. The minimum atomic E-state index is -0.311. The van der Waals surface area contributed by atoms with Crippen LogP contribution in [0.1, 0.15) is 13.3 Å². The second kappa shape index (κ2) is 8.65. The van der Waals surface area contributed by atoms with E-state index in [-0.39, 0.29) is 12.5 Å². The summed E-state index contributed by atoms with van der Waals surface area (Å²) in [5.41, 5.74) is 0.490. The van der Waals surface area contributed by atoms with Crippen molar-refractivity contribution in [2.45, 2.75) is 13.3 Å². The van der Waals surface area contributed by atoms with Crippen molar-refractivity contribution in [2.75, 3.05) is 18.5 Å². The predicted octanol–water partition coefficient (Wildman–Crippen LogP) is 4.80. The first kappa shape index (κ1) is 17.4. The van der Waals surface area contributed by atoms with E-state index in [9.17, 15) is 4.79 Å². The van der Waals surface area contributed by atoms with Crippen LogP contribution in [0.3, 0.4) is 0 Å². The van der Waals surface area contributed by atoms with Crippen molar-refractivity contribution in [3.8, 4) is 11.5 Å². The minimum absolute atomic E-state index is 0.129. The van der Waals surface area contributed by atoms with E-state index in [1.807, 2.05) is 19.1 Å². The Morgan fingerprint density at radius 1 is 1.09 bits per heavy atom. The maximum atomic E-state index is 11.9. The van der Waals surface area contributed by atoms with Gasteiger partial charge in [0.25, 0.3) is 5.91 Å². The number of carbonyl (C=O) groups is 1. The maximum Gasteiger partial charge on any atom is 0.262 e. The molecule has 0 aliphatic rings. The number of carbonyl (C=O) groups excluding carboxylic acids is 1. The normalized spacial score (nSPS) is 10.2. The lowest BCUT2D eigenvalue weighted by molar-refractivity contribution is -0.118. The standard InChI is InChI=1S/C17H17Cl2NO3/c1-2-8-22-13-4-3-5-14(10-13)23-11-17(21)20-16-7-6-12(18)9-15(16)19/h3-7,9-10H,2,8,11H2,1H3,(H,20,21). The van der Waals surface area contributed by atoms with Crippen molar-refractivity contribution in [3.05, 3.63) is 52.5 Å². The monoisotopic (exact) mass is 353 g/mol. The molecular formula is C17H17Cl2NO3. The molecule has 2 aromatic carbocycles. The summed E-state index contributed by atoms with van der Waals surface area (Å²) in [5.74, 6) is 0.968. The van der Waals surface area contributed by atoms with Gasteiger partial charge in [0.05, 0.1) is 17.3 Å². The van der Waals surface area contributed by atoms with Crippen molar-refractivity contribution in [3.63, 3.8) is 0 Å². The lowest BCUT2D eigenvalue weighted by Gasteiger charge is -2.10. The first-order valence-electron chi connectivity index (χ1n) is 7.19. The fraction of sp³-hybridized carbons (Fsp3) is 0.235. The average Bonchev–Trinajstić information content (AvgIpc) is 2.54. The van der Waals surface area contributed by atoms with Crippen LogP contribution in [-0.2, 0) is 4.79 Å². The Balaban J connectivity index is 1.89. The molecule has 0 fully saturated rings. The van der Waals surface area contributed by atoms with Crippen LogP contribution in [0, 0.1) is 0 Å². The first-order chi connectivity index (χ1) is 11.1. The van der Waals surface area contributed by atoms with Gasteiger partial charge in [-0.25, -0.2) is 0 Å². The van der Waals surface area contributed by atoms with E-state index in [0.717, 1.165) is 6.42 Å². The molecule has 0 spiro atoms. The van der Waals surface area contributed by atoms with E-state index in [2.05, 4.69) is 5.32 Å². The first-order valence-corrected chi connectivity index (χ1v) is 7.94. The van der Waals surface area contributed by atoms with Gasteiger partial charge < -0.3 is 14.8 Å². The summed E-state index contributed by atoms with van der Waals surface area (Å²) in [7, 11) is 0. The maximum absolute atomic E-state index is 11.9. The van der Waals surface area contributed by atoms with E-state index in [0.29, 0.717) is 33.8 Å². The number of ether oxygens (including phenoxy) is 2. The molecule has 23 heavy (non-hydrogen) atoms. The van der Waals surface area contributed by atoms with Crippen molar-refractivity contribution in [2.24, 2.45) is 0 Å². The summed E-state index contributed by atoms with van der Waals surface area (Å²) in [6.45, 7) is 2.54. The van der Waals surface area contributed by atoms with Crippen LogP contribution < -0.4 is 14.8 Å². The molecule has 6 heteroatoms. The zero-order valence-electron chi connectivity index (χ0n) is 12.6. The number of amides is 1. The Morgan fingerprint density at radius 3 is 2.52 bits per heavy atom. The second-order valence-corrected chi connectivity index (χ2v) is 5.63. The fourth-order valence-corrected chi connectivity index (χ4v) is 2.26. The van der Waals surface area contributed by atoms with Gasteiger partial charge in [0.2, 0.25) is 0 Å². The lowest BCUT2D eigenvalue weighted by atomic mass is 10.3. The smallest absolute Gasteiger partial charge is 0.262 e. The van der Waals surface area contributed by atoms with Crippen LogP contribution in [-0.4, -0.2) is 19.1 Å². The number of hydrogen-bond acceptors (Lipinski definition) is 3. The third kappa shape index (κ3) is 5.66. The highest BCUT2D eigenvalue weighted by molar-refractivity contribution is 6.36. The van der Waals surface area contributed by atoms with Gasteiger partial charge >= 0.3 is 0 Å². The summed E-state index contributed by atoms with van der Waals surface area (Å²) in [6.07, 6.45) is 0.926. The van der Waals surface area contributed by atoms with Crippen LogP contribution in [0.4, 0.5) is 5.69 Å². The number of halogens is 2. The second-order valence-electron chi connectivity index (χ2n) is 4.78. The van der Waals surface area contributed by atoms with Crippen molar-refractivity contribution in [1.82, 2.24) is 0 Å². The number of rotatable bonds is 7. The van der Waals surface area contributed by atoms with Crippen LogP contribution in [0.25, 0.3) is 0 Å². The van der Waals surface area contributed by atoms with Crippen LogP contribution in [0.5, 0.6) is 11.5 Å². The lowest BCUT2D eigenvalue weighted by Crippen LogP contribution is -2.20. The molecule has 122 valence electrons. The molecule has 0 saturated heterocycles. The summed E-state index contributed by atoms with van der Waals surface area (Å²) in [4.78, 5) is 11.9. The summed E-state index contributed by atoms with van der Waals surface area (Å²) < 4.78 is 11.0. The quantitative estimate of drug-likeness (QED) is 0.777. The topological polar surface area (TPSA) is 47.6 Å². The van der Waals surface area contributed by atoms with E-state index in [1.54, 1.807) is 30.3 Å². The zero-order valence-corrected chi connectivity index (χ0v) is 14.2. The van der Waals surface area contributed by atoms with Gasteiger partial charge in [-0.15, -0.1) is 0 Å². The molecular weight excluding hydrogens is 337 g/mol. The molecule has 2 aromatic rings. The average molecular weight is 354 g/mol. The van der Waals surface area contributed by atoms with Crippen LogP contribution >= 0.6 is 23.2 Å². The molecule has 0 unspecified atom stereocenters. The number of benzene rings is 2. The number of anilines is 1. The molecule has 0 radical (unpaired) electrons. The van der Waals surface area contributed by atoms with Gasteiger partial charge in [-0.3, -0.25) is 4.79 Å². The highest BCUT2D eigenvalue weighted by atomic mass is 35.5. The van der Waals surface area contributed by atoms with Crippen molar-refractivity contribution in [1.29, 1.82) is 0 Å². The molecule has 1 amide bonds. The number of nitrogens with one attached hydrogen (secondary N) is 1. The third-order valence-corrected chi connectivity index (χ3v) is 3.40. The van der Waals surface area contributed by atoms with Crippen molar-refractivity contribution < 1.29 is 14.3 Å². The molecule has 0 aliphatic carbocycles. The Labute approximate surface area is 145 Å². The van der Waals surface area contributed by atoms with Crippen LogP contribution in [0.15, 0.2) is 42.5 Å². The van der Waals surface area contributed by atoms with Crippen molar-refractivity contribution >= 4 is 34.8 Å². The predicted molar refractivity (Wildman–Crippen MR) is 92.8 cm³/mol. The van der Waals surface area contributed by atoms with Gasteiger partial charge in [-0.05, 0) is 36.8 Å².